The van der Waals surface area contributed by atoms with E-state index in [-0.39, 0.29) is 0 Å². The van der Waals surface area contributed by atoms with Gasteiger partial charge in [-0.1, -0.05) is 24.3 Å². The Kier molecular flexibility index (Phi) is 6.39. The Hall–Kier alpha value is -3.02. The van der Waals surface area contributed by atoms with Gasteiger partial charge in [0.25, 0.3) is 0 Å². The molecule has 2 N–H and O–H groups in total. The number of amides is 2. The molecule has 0 aliphatic rings. The number of carbonyl (C=O) groups excluding carboxylic acids is 2. The minimum atomic E-state index is -0.715. The van der Waals surface area contributed by atoms with Gasteiger partial charge in [-0.15, -0.1) is 0 Å². The van der Waals surface area contributed by atoms with Gasteiger partial charge in [-0.3, -0.25) is 9.59 Å². The number of benzene rings is 2. The van der Waals surface area contributed by atoms with E-state index in [4.69, 9.17) is 4.74 Å². The summed E-state index contributed by atoms with van der Waals surface area (Å²) in [6.45, 7) is 0.388. The second kappa shape index (κ2) is 8.73. The van der Waals surface area contributed by atoms with Gasteiger partial charge in [-0.2, -0.15) is 0 Å². The summed E-state index contributed by atoms with van der Waals surface area (Å²) in [6.07, 6.45) is 0.654. The summed E-state index contributed by atoms with van der Waals surface area (Å²) in [5.74, 6) is -0.882. The molecule has 0 fully saturated rings. The molecular weight excluding hydrogens is 318 g/mol. The predicted octanol–water partition coefficient (Wildman–Crippen LogP) is 2.06. The van der Waals surface area contributed by atoms with Crippen LogP contribution in [-0.4, -0.2) is 39.6 Å². The van der Waals surface area contributed by atoms with Crippen molar-refractivity contribution >= 4 is 23.2 Å². The molecule has 6 heteroatoms. The minimum absolute atomic E-state index is 0.388. The SMILES string of the molecule is COc1ccccc1NC(=O)C(=O)NCCc1ccc(N(C)C)cc1. The maximum Gasteiger partial charge on any atom is 0.313 e. The third-order valence-electron chi connectivity index (χ3n) is 3.71. The Morgan fingerprint density at radius 3 is 2.32 bits per heavy atom. The summed E-state index contributed by atoms with van der Waals surface area (Å²) in [5, 5.41) is 5.17. The molecule has 2 aromatic rings. The smallest absolute Gasteiger partial charge is 0.313 e. The molecule has 0 bridgehead atoms. The van der Waals surface area contributed by atoms with E-state index >= 15 is 0 Å². The number of anilines is 2. The molecule has 0 atom stereocenters. The number of nitrogens with one attached hydrogen (secondary N) is 2. The van der Waals surface area contributed by atoms with Crippen LogP contribution in [0.3, 0.4) is 0 Å². The van der Waals surface area contributed by atoms with Crippen LogP contribution in [0, 0.1) is 0 Å². The summed E-state index contributed by atoms with van der Waals surface area (Å²) in [5.41, 5.74) is 2.67. The van der Waals surface area contributed by atoms with Crippen molar-refractivity contribution in [2.24, 2.45) is 0 Å². The topological polar surface area (TPSA) is 70.7 Å². The second-order valence-electron chi connectivity index (χ2n) is 5.72. The number of hydrogen-bond donors (Lipinski definition) is 2. The first-order valence-corrected chi connectivity index (χ1v) is 7.99. The molecule has 0 aliphatic heterocycles. The summed E-state index contributed by atoms with van der Waals surface area (Å²) in [7, 11) is 5.47. The van der Waals surface area contributed by atoms with E-state index in [0.717, 1.165) is 11.3 Å². The van der Waals surface area contributed by atoms with Gasteiger partial charge in [0.05, 0.1) is 12.8 Å². The second-order valence-corrected chi connectivity index (χ2v) is 5.72. The standard InChI is InChI=1S/C19H23N3O3/c1-22(2)15-10-8-14(9-11-15)12-13-20-18(23)19(24)21-16-6-4-5-7-17(16)25-3/h4-11H,12-13H2,1-3H3,(H,20,23)(H,21,24). The van der Waals surface area contributed by atoms with E-state index in [1.54, 1.807) is 24.3 Å². The van der Waals surface area contributed by atoms with Crippen LogP contribution in [0.25, 0.3) is 0 Å². The third kappa shape index (κ3) is 5.24. The van der Waals surface area contributed by atoms with Crippen LogP contribution >= 0.6 is 0 Å². The largest absolute Gasteiger partial charge is 0.495 e. The number of ether oxygens (including phenoxy) is 1. The number of carbonyl (C=O) groups is 2. The molecule has 2 rings (SSSR count). The molecular formula is C19H23N3O3. The fraction of sp³-hybridized carbons (Fsp3) is 0.263. The lowest BCUT2D eigenvalue weighted by Gasteiger charge is -2.13. The quantitative estimate of drug-likeness (QED) is 0.789. The van der Waals surface area contributed by atoms with Gasteiger partial charge in [0.2, 0.25) is 0 Å². The Bertz CT molecular complexity index is 727. The minimum Gasteiger partial charge on any atom is -0.495 e. The first-order valence-electron chi connectivity index (χ1n) is 7.99. The highest BCUT2D eigenvalue weighted by molar-refractivity contribution is 6.39. The fourth-order valence-corrected chi connectivity index (χ4v) is 2.29. The van der Waals surface area contributed by atoms with Crippen molar-refractivity contribution in [3.05, 3.63) is 54.1 Å². The summed E-state index contributed by atoms with van der Waals surface area (Å²) in [4.78, 5) is 25.9. The Morgan fingerprint density at radius 1 is 1.00 bits per heavy atom. The fourth-order valence-electron chi connectivity index (χ4n) is 2.29. The zero-order chi connectivity index (χ0) is 18.2. The van der Waals surface area contributed by atoms with Crippen molar-refractivity contribution in [3.8, 4) is 5.75 Å². The molecule has 0 aromatic heterocycles. The molecule has 0 saturated carbocycles. The first kappa shape index (κ1) is 18.3. The van der Waals surface area contributed by atoms with Gasteiger partial charge in [0, 0.05) is 26.3 Å². The monoisotopic (exact) mass is 341 g/mol. The van der Waals surface area contributed by atoms with Crippen molar-refractivity contribution in [2.75, 3.05) is 38.0 Å². The number of methoxy groups -OCH3 is 1. The Labute approximate surface area is 147 Å². The van der Waals surface area contributed by atoms with Crippen molar-refractivity contribution < 1.29 is 14.3 Å². The first-order chi connectivity index (χ1) is 12.0. The summed E-state index contributed by atoms with van der Waals surface area (Å²) >= 11 is 0. The average molecular weight is 341 g/mol. The van der Waals surface area contributed by atoms with Crippen LogP contribution < -0.4 is 20.3 Å². The van der Waals surface area contributed by atoms with Crippen molar-refractivity contribution in [2.45, 2.75) is 6.42 Å². The highest BCUT2D eigenvalue weighted by atomic mass is 16.5. The van der Waals surface area contributed by atoms with Crippen LogP contribution in [-0.2, 0) is 16.0 Å². The van der Waals surface area contributed by atoms with E-state index in [1.165, 1.54) is 7.11 Å². The Balaban J connectivity index is 1.82. The average Bonchev–Trinajstić information content (AvgIpc) is 2.62. The van der Waals surface area contributed by atoms with Gasteiger partial charge in [0.15, 0.2) is 0 Å². The molecule has 2 amide bonds. The third-order valence-corrected chi connectivity index (χ3v) is 3.71. The van der Waals surface area contributed by atoms with Crippen molar-refractivity contribution in [1.82, 2.24) is 5.32 Å². The van der Waals surface area contributed by atoms with Crippen molar-refractivity contribution in [1.29, 1.82) is 0 Å². The van der Waals surface area contributed by atoms with Crippen LogP contribution in [0.5, 0.6) is 5.75 Å². The van der Waals surface area contributed by atoms with Crippen LogP contribution in [0.1, 0.15) is 5.56 Å². The lowest BCUT2D eigenvalue weighted by Crippen LogP contribution is -2.36. The predicted molar refractivity (Wildman–Crippen MR) is 99.1 cm³/mol. The van der Waals surface area contributed by atoms with Crippen LogP contribution in [0.15, 0.2) is 48.5 Å². The maximum atomic E-state index is 12.0. The van der Waals surface area contributed by atoms with E-state index in [1.807, 2.05) is 43.3 Å². The summed E-state index contributed by atoms with van der Waals surface area (Å²) < 4.78 is 5.14. The molecule has 25 heavy (non-hydrogen) atoms. The normalized spacial score (nSPS) is 10.0. The van der Waals surface area contributed by atoms with Gasteiger partial charge < -0.3 is 20.3 Å². The molecule has 0 unspecified atom stereocenters. The van der Waals surface area contributed by atoms with E-state index < -0.39 is 11.8 Å². The van der Waals surface area contributed by atoms with Crippen LogP contribution in [0.4, 0.5) is 11.4 Å². The zero-order valence-corrected chi connectivity index (χ0v) is 14.7. The summed E-state index contributed by atoms with van der Waals surface area (Å²) in [6, 6.07) is 15.0. The zero-order valence-electron chi connectivity index (χ0n) is 14.7. The van der Waals surface area contributed by atoms with Gasteiger partial charge in [-0.25, -0.2) is 0 Å². The van der Waals surface area contributed by atoms with Gasteiger partial charge in [0.1, 0.15) is 5.75 Å². The van der Waals surface area contributed by atoms with E-state index in [9.17, 15) is 9.59 Å². The maximum absolute atomic E-state index is 12.0. The lowest BCUT2D eigenvalue weighted by atomic mass is 10.1. The molecule has 0 radical (unpaired) electrons. The van der Waals surface area contributed by atoms with E-state index in [2.05, 4.69) is 10.6 Å². The highest BCUT2D eigenvalue weighted by Crippen LogP contribution is 2.22. The molecule has 6 nitrogen and oxygen atoms in total. The molecule has 2 aromatic carbocycles. The van der Waals surface area contributed by atoms with E-state index in [0.29, 0.717) is 24.4 Å². The number of nitrogens with zero attached hydrogens (tertiary/aromatic N) is 1. The number of para-hydroxylation sites is 2. The number of rotatable bonds is 6. The molecule has 0 saturated heterocycles. The van der Waals surface area contributed by atoms with Gasteiger partial charge >= 0.3 is 11.8 Å². The molecule has 132 valence electrons. The lowest BCUT2D eigenvalue weighted by molar-refractivity contribution is -0.136. The van der Waals surface area contributed by atoms with Crippen LogP contribution in [0.2, 0.25) is 0 Å². The van der Waals surface area contributed by atoms with Crippen molar-refractivity contribution in [3.63, 3.8) is 0 Å². The Morgan fingerprint density at radius 2 is 1.68 bits per heavy atom. The molecule has 0 spiro atoms. The number of hydrogen-bond acceptors (Lipinski definition) is 4. The molecule has 0 aliphatic carbocycles. The van der Waals surface area contributed by atoms with Gasteiger partial charge in [-0.05, 0) is 36.2 Å². The molecule has 0 heterocycles. The highest BCUT2D eigenvalue weighted by Gasteiger charge is 2.15.